The molecule has 3 aliphatic rings. The molecule has 0 aromatic heterocycles. The van der Waals surface area contributed by atoms with Crippen molar-refractivity contribution < 1.29 is 9.53 Å². The molecular weight excluding hydrogens is 188 g/mol. The van der Waals surface area contributed by atoms with Crippen LogP contribution in [0.5, 0.6) is 0 Å². The highest BCUT2D eigenvalue weighted by atomic mass is 16.6. The van der Waals surface area contributed by atoms with E-state index in [1.807, 2.05) is 0 Å². The number of hydrogen-bond acceptors (Lipinski definition) is 2. The van der Waals surface area contributed by atoms with Crippen molar-refractivity contribution in [1.29, 1.82) is 0 Å². The molecule has 0 amide bonds. The molecular formula is C13H18O2. The van der Waals surface area contributed by atoms with E-state index < -0.39 is 5.60 Å². The van der Waals surface area contributed by atoms with E-state index >= 15 is 0 Å². The Labute approximate surface area is 90.7 Å². The van der Waals surface area contributed by atoms with E-state index in [2.05, 4.69) is 26.8 Å². The van der Waals surface area contributed by atoms with E-state index in [4.69, 9.17) is 4.74 Å². The average molecular weight is 206 g/mol. The van der Waals surface area contributed by atoms with Crippen molar-refractivity contribution in [3.63, 3.8) is 0 Å². The second-order valence-electron chi connectivity index (χ2n) is 5.78. The smallest absolute Gasteiger partial charge is 0.193 e. The van der Waals surface area contributed by atoms with E-state index in [1.54, 1.807) is 0 Å². The molecule has 15 heavy (non-hydrogen) atoms. The van der Waals surface area contributed by atoms with Crippen LogP contribution in [0.2, 0.25) is 0 Å². The van der Waals surface area contributed by atoms with Gasteiger partial charge in [0, 0.05) is 5.41 Å². The van der Waals surface area contributed by atoms with Crippen LogP contribution < -0.4 is 0 Å². The number of carbonyl (C=O) groups is 1. The van der Waals surface area contributed by atoms with Crippen LogP contribution in [0, 0.1) is 17.3 Å². The van der Waals surface area contributed by atoms with Crippen LogP contribution in [-0.2, 0) is 9.53 Å². The first-order valence-corrected chi connectivity index (χ1v) is 5.92. The lowest BCUT2D eigenvalue weighted by Gasteiger charge is -2.52. The highest BCUT2D eigenvalue weighted by Gasteiger charge is 2.71. The summed E-state index contributed by atoms with van der Waals surface area (Å²) in [5.74, 6) is 1.19. The molecule has 0 unspecified atom stereocenters. The lowest BCUT2D eigenvalue weighted by molar-refractivity contribution is -0.133. The fourth-order valence-corrected chi connectivity index (χ4v) is 3.29. The van der Waals surface area contributed by atoms with Gasteiger partial charge in [0.2, 0.25) is 0 Å². The summed E-state index contributed by atoms with van der Waals surface area (Å²) in [5, 5.41) is 0. The van der Waals surface area contributed by atoms with Crippen molar-refractivity contribution >= 4 is 5.78 Å². The van der Waals surface area contributed by atoms with Crippen LogP contribution >= 0.6 is 0 Å². The van der Waals surface area contributed by atoms with Crippen LogP contribution in [0.3, 0.4) is 0 Å². The number of ketones is 1. The minimum absolute atomic E-state index is 0.114. The molecule has 0 aromatic rings. The number of ether oxygens (including phenoxy) is 1. The van der Waals surface area contributed by atoms with Gasteiger partial charge in [-0.1, -0.05) is 26.8 Å². The third-order valence-electron chi connectivity index (χ3n) is 4.78. The molecule has 1 spiro atoms. The molecule has 82 valence electrons. The van der Waals surface area contributed by atoms with Gasteiger partial charge in [-0.2, -0.15) is 0 Å². The zero-order chi connectivity index (χ0) is 10.8. The molecule has 0 aromatic carbocycles. The highest BCUT2D eigenvalue weighted by Crippen LogP contribution is 2.64. The third-order valence-corrected chi connectivity index (χ3v) is 4.78. The van der Waals surface area contributed by atoms with Crippen molar-refractivity contribution in [2.75, 3.05) is 6.61 Å². The number of Topliss-reactive ketones (excluding diaryl/α,β-unsaturated/α-hetero) is 1. The van der Waals surface area contributed by atoms with Gasteiger partial charge in [-0.15, -0.1) is 0 Å². The zero-order valence-electron chi connectivity index (χ0n) is 9.67. The topological polar surface area (TPSA) is 29.6 Å². The Kier molecular flexibility index (Phi) is 1.62. The standard InChI is InChI=1S/C13H18O2/c1-8(2)10-6-9-4-5-12(9,3)13(7-15-13)11(10)14/h6,8-9H,4-5,7H2,1-3H3/t9-,12-,13+/m0/s1. The summed E-state index contributed by atoms with van der Waals surface area (Å²) in [4.78, 5) is 12.4. The van der Waals surface area contributed by atoms with Crippen LogP contribution in [0.1, 0.15) is 33.6 Å². The van der Waals surface area contributed by atoms with Crippen LogP contribution in [-0.4, -0.2) is 18.0 Å². The maximum absolute atomic E-state index is 12.4. The average Bonchev–Trinajstić information content (AvgIpc) is 2.93. The van der Waals surface area contributed by atoms with Gasteiger partial charge in [0.1, 0.15) is 0 Å². The minimum atomic E-state index is -0.412. The summed E-state index contributed by atoms with van der Waals surface area (Å²) >= 11 is 0. The van der Waals surface area contributed by atoms with E-state index in [1.165, 1.54) is 6.42 Å². The van der Waals surface area contributed by atoms with Crippen molar-refractivity contribution in [3.05, 3.63) is 11.6 Å². The van der Waals surface area contributed by atoms with E-state index in [-0.39, 0.29) is 11.2 Å². The first kappa shape index (κ1) is 9.59. The predicted molar refractivity (Wildman–Crippen MR) is 57.4 cm³/mol. The summed E-state index contributed by atoms with van der Waals surface area (Å²) in [5.41, 5.74) is 0.710. The number of carbonyl (C=O) groups excluding carboxylic acids is 1. The Morgan fingerprint density at radius 3 is 2.60 bits per heavy atom. The summed E-state index contributed by atoms with van der Waals surface area (Å²) in [6.45, 7) is 7.07. The normalized spacial score (nSPS) is 47.6. The van der Waals surface area contributed by atoms with Gasteiger partial charge >= 0.3 is 0 Å². The summed E-state index contributed by atoms with van der Waals surface area (Å²) in [6.07, 6.45) is 4.60. The number of fused-ring (bicyclic) bond motifs is 2. The largest absolute Gasteiger partial charge is 0.360 e. The second kappa shape index (κ2) is 2.54. The van der Waals surface area contributed by atoms with Crippen molar-refractivity contribution in [3.8, 4) is 0 Å². The quantitative estimate of drug-likeness (QED) is 0.616. The molecule has 1 heterocycles. The molecule has 0 bridgehead atoms. The van der Waals surface area contributed by atoms with E-state index in [0.717, 1.165) is 12.0 Å². The molecule has 2 aliphatic carbocycles. The Bertz CT molecular complexity index is 363. The van der Waals surface area contributed by atoms with Gasteiger partial charge < -0.3 is 4.74 Å². The SMILES string of the molecule is CC(C)C1=C[C@@H]2CC[C@]2(C)[C@@]2(CO2)C1=O. The molecule has 3 rings (SSSR count). The first-order valence-electron chi connectivity index (χ1n) is 5.92. The van der Waals surface area contributed by atoms with E-state index in [0.29, 0.717) is 18.4 Å². The molecule has 1 saturated carbocycles. The number of hydrogen-bond donors (Lipinski definition) is 0. The first-order chi connectivity index (χ1) is 7.01. The Morgan fingerprint density at radius 1 is 1.53 bits per heavy atom. The molecule has 0 N–H and O–H groups in total. The van der Waals surface area contributed by atoms with Crippen molar-refractivity contribution in [2.24, 2.45) is 17.3 Å². The molecule has 2 heteroatoms. The predicted octanol–water partition coefficient (Wildman–Crippen LogP) is 2.34. The van der Waals surface area contributed by atoms with Gasteiger partial charge in [-0.25, -0.2) is 0 Å². The van der Waals surface area contributed by atoms with Gasteiger partial charge in [-0.3, -0.25) is 4.79 Å². The fraction of sp³-hybridized carbons (Fsp3) is 0.769. The third kappa shape index (κ3) is 0.919. The Hall–Kier alpha value is -0.630. The number of rotatable bonds is 1. The summed E-state index contributed by atoms with van der Waals surface area (Å²) in [7, 11) is 0. The van der Waals surface area contributed by atoms with Crippen molar-refractivity contribution in [2.45, 2.75) is 39.2 Å². The second-order valence-corrected chi connectivity index (χ2v) is 5.78. The summed E-state index contributed by atoms with van der Waals surface area (Å²) < 4.78 is 5.58. The highest BCUT2D eigenvalue weighted by molar-refractivity contribution is 6.06. The molecule has 2 fully saturated rings. The van der Waals surface area contributed by atoms with Crippen LogP contribution in [0.15, 0.2) is 11.6 Å². The van der Waals surface area contributed by atoms with Gasteiger partial charge in [0.05, 0.1) is 6.61 Å². The molecule has 3 atom stereocenters. The lowest BCUT2D eigenvalue weighted by atomic mass is 9.50. The Morgan fingerprint density at radius 2 is 2.20 bits per heavy atom. The van der Waals surface area contributed by atoms with E-state index in [9.17, 15) is 4.79 Å². The van der Waals surface area contributed by atoms with Crippen LogP contribution in [0.25, 0.3) is 0 Å². The van der Waals surface area contributed by atoms with Gasteiger partial charge in [0.15, 0.2) is 11.4 Å². The minimum Gasteiger partial charge on any atom is -0.360 e. The van der Waals surface area contributed by atoms with Gasteiger partial charge in [0.25, 0.3) is 0 Å². The number of allylic oxidation sites excluding steroid dienone is 1. The summed E-state index contributed by atoms with van der Waals surface area (Å²) in [6, 6.07) is 0. The lowest BCUT2D eigenvalue weighted by Crippen LogP contribution is -2.56. The van der Waals surface area contributed by atoms with Crippen molar-refractivity contribution in [1.82, 2.24) is 0 Å². The maximum Gasteiger partial charge on any atom is 0.193 e. The monoisotopic (exact) mass is 206 g/mol. The maximum atomic E-state index is 12.4. The molecule has 2 nitrogen and oxygen atoms in total. The zero-order valence-corrected chi connectivity index (χ0v) is 9.67. The molecule has 1 saturated heterocycles. The Balaban J connectivity index is 2.07. The van der Waals surface area contributed by atoms with Crippen LogP contribution in [0.4, 0.5) is 0 Å². The number of epoxide rings is 1. The molecule has 1 aliphatic heterocycles. The molecule has 0 radical (unpaired) electrons. The fourth-order valence-electron chi connectivity index (χ4n) is 3.29. The van der Waals surface area contributed by atoms with Gasteiger partial charge in [-0.05, 0) is 30.3 Å².